The van der Waals surface area contributed by atoms with Gasteiger partial charge >= 0.3 is 0 Å². The Morgan fingerprint density at radius 2 is 1.84 bits per heavy atom. The van der Waals surface area contributed by atoms with Gasteiger partial charge in [-0.25, -0.2) is 9.98 Å². The second-order valence-electron chi connectivity index (χ2n) is 5.86. The first-order valence-corrected chi connectivity index (χ1v) is 8.30. The van der Waals surface area contributed by atoms with Crippen LogP contribution in [0.2, 0.25) is 0 Å². The van der Waals surface area contributed by atoms with E-state index >= 15 is 0 Å². The molecule has 0 unspecified atom stereocenters. The van der Waals surface area contributed by atoms with Gasteiger partial charge in [0.2, 0.25) is 0 Å². The van der Waals surface area contributed by atoms with Crippen LogP contribution in [-0.2, 0) is 13.1 Å². The Hall–Kier alpha value is -1.83. The number of hydrogen-bond donors (Lipinski definition) is 2. The van der Waals surface area contributed by atoms with Crippen LogP contribution >= 0.6 is 24.0 Å². The van der Waals surface area contributed by atoms with Crippen molar-refractivity contribution < 1.29 is 0 Å². The smallest absolute Gasteiger partial charge is 0.191 e. The molecule has 5 nitrogen and oxygen atoms in total. The SMILES string of the molecule is CCNC(=NCc1ccccc1C)NCc1cccc(N(C)C)n1.I. The van der Waals surface area contributed by atoms with Gasteiger partial charge in [0.15, 0.2) is 5.96 Å². The number of aliphatic imine (C=N–C) groups is 1. The van der Waals surface area contributed by atoms with E-state index in [0.29, 0.717) is 13.1 Å². The number of guanidine groups is 1. The number of benzene rings is 1. The zero-order valence-corrected chi connectivity index (χ0v) is 17.7. The Kier molecular flexibility index (Phi) is 9.26. The number of pyridine rings is 1. The molecule has 0 aliphatic rings. The molecule has 0 aliphatic carbocycles. The fourth-order valence-electron chi connectivity index (χ4n) is 2.28. The lowest BCUT2D eigenvalue weighted by atomic mass is 10.1. The highest BCUT2D eigenvalue weighted by Gasteiger charge is 2.03. The van der Waals surface area contributed by atoms with Crippen LogP contribution in [0.1, 0.15) is 23.7 Å². The van der Waals surface area contributed by atoms with Gasteiger partial charge in [0.05, 0.1) is 18.8 Å². The number of nitrogens with one attached hydrogen (secondary N) is 2. The molecule has 2 aromatic rings. The van der Waals surface area contributed by atoms with Crippen molar-refractivity contribution in [3.8, 4) is 0 Å². The highest BCUT2D eigenvalue weighted by molar-refractivity contribution is 14.0. The number of hydrogen-bond acceptors (Lipinski definition) is 3. The third-order valence-electron chi connectivity index (χ3n) is 3.70. The monoisotopic (exact) mass is 453 g/mol. The minimum atomic E-state index is 0. The zero-order valence-electron chi connectivity index (χ0n) is 15.4. The highest BCUT2D eigenvalue weighted by Crippen LogP contribution is 2.09. The largest absolute Gasteiger partial charge is 0.363 e. The van der Waals surface area contributed by atoms with Crippen molar-refractivity contribution >= 4 is 35.8 Å². The van der Waals surface area contributed by atoms with E-state index in [0.717, 1.165) is 24.0 Å². The molecule has 0 spiro atoms. The summed E-state index contributed by atoms with van der Waals surface area (Å²) in [7, 11) is 3.99. The van der Waals surface area contributed by atoms with Crippen LogP contribution in [0.4, 0.5) is 5.82 Å². The first-order chi connectivity index (χ1) is 11.6. The summed E-state index contributed by atoms with van der Waals surface area (Å²) in [6, 6.07) is 14.4. The molecule has 1 heterocycles. The summed E-state index contributed by atoms with van der Waals surface area (Å²) >= 11 is 0. The molecule has 0 bridgehead atoms. The van der Waals surface area contributed by atoms with Crippen LogP contribution in [0.15, 0.2) is 47.5 Å². The Labute approximate surface area is 168 Å². The second-order valence-corrected chi connectivity index (χ2v) is 5.86. The van der Waals surface area contributed by atoms with Crippen molar-refractivity contribution in [2.45, 2.75) is 26.9 Å². The average molecular weight is 453 g/mol. The van der Waals surface area contributed by atoms with Gasteiger partial charge in [0.1, 0.15) is 5.82 Å². The molecule has 0 saturated heterocycles. The lowest BCUT2D eigenvalue weighted by molar-refractivity contribution is 0.797. The normalized spacial score (nSPS) is 10.8. The molecule has 1 aromatic carbocycles. The van der Waals surface area contributed by atoms with E-state index in [1.54, 1.807) is 0 Å². The molecule has 0 fully saturated rings. The van der Waals surface area contributed by atoms with E-state index in [4.69, 9.17) is 0 Å². The van der Waals surface area contributed by atoms with E-state index in [1.807, 2.05) is 37.2 Å². The standard InChI is InChI=1S/C19H27N5.HI/c1-5-20-19(21-13-16-10-7-6-9-15(16)2)22-14-17-11-8-12-18(23-17)24(3)4;/h6-12H,5,13-14H2,1-4H3,(H2,20,21,22);1H. The predicted molar refractivity (Wildman–Crippen MR) is 117 cm³/mol. The molecule has 1 aromatic heterocycles. The Balaban J connectivity index is 0.00000312. The molecule has 0 atom stereocenters. The molecule has 0 aliphatic heterocycles. The van der Waals surface area contributed by atoms with E-state index < -0.39 is 0 Å². The lowest BCUT2D eigenvalue weighted by Crippen LogP contribution is -2.37. The summed E-state index contributed by atoms with van der Waals surface area (Å²) in [6.07, 6.45) is 0. The van der Waals surface area contributed by atoms with Gasteiger partial charge in [-0.05, 0) is 37.1 Å². The first kappa shape index (κ1) is 21.2. The molecular weight excluding hydrogens is 425 g/mol. The van der Waals surface area contributed by atoms with Gasteiger partial charge in [0, 0.05) is 20.6 Å². The van der Waals surface area contributed by atoms with Crippen LogP contribution < -0.4 is 15.5 Å². The van der Waals surface area contributed by atoms with Crippen LogP contribution in [0.3, 0.4) is 0 Å². The van der Waals surface area contributed by atoms with Gasteiger partial charge in [-0.2, -0.15) is 0 Å². The molecule has 2 N–H and O–H groups in total. The summed E-state index contributed by atoms with van der Waals surface area (Å²) in [6.45, 7) is 6.30. The fraction of sp³-hybridized carbons (Fsp3) is 0.368. The van der Waals surface area contributed by atoms with Crippen molar-refractivity contribution in [1.82, 2.24) is 15.6 Å². The van der Waals surface area contributed by atoms with Crippen molar-refractivity contribution in [2.75, 3.05) is 25.5 Å². The molecule has 2 rings (SSSR count). The summed E-state index contributed by atoms with van der Waals surface area (Å²) in [4.78, 5) is 11.3. The van der Waals surface area contributed by atoms with Gasteiger partial charge in [0.25, 0.3) is 0 Å². The van der Waals surface area contributed by atoms with Gasteiger partial charge in [-0.3, -0.25) is 0 Å². The Morgan fingerprint density at radius 1 is 1.08 bits per heavy atom. The molecule has 0 saturated carbocycles. The summed E-state index contributed by atoms with van der Waals surface area (Å²) in [5.41, 5.74) is 3.49. The van der Waals surface area contributed by atoms with E-state index in [-0.39, 0.29) is 24.0 Å². The molecule has 136 valence electrons. The molecule has 0 radical (unpaired) electrons. The van der Waals surface area contributed by atoms with Crippen LogP contribution in [-0.4, -0.2) is 31.6 Å². The lowest BCUT2D eigenvalue weighted by Gasteiger charge is -2.14. The molecular formula is C19H28IN5. The minimum absolute atomic E-state index is 0. The number of halogens is 1. The summed E-state index contributed by atoms with van der Waals surface area (Å²) in [5.74, 6) is 1.76. The minimum Gasteiger partial charge on any atom is -0.363 e. The quantitative estimate of drug-likeness (QED) is 0.400. The highest BCUT2D eigenvalue weighted by atomic mass is 127. The third-order valence-corrected chi connectivity index (χ3v) is 3.70. The molecule has 6 heteroatoms. The summed E-state index contributed by atoms with van der Waals surface area (Å²) in [5, 5.41) is 6.63. The van der Waals surface area contributed by atoms with Crippen LogP contribution in [0.25, 0.3) is 0 Å². The van der Waals surface area contributed by atoms with Gasteiger partial charge < -0.3 is 15.5 Å². The van der Waals surface area contributed by atoms with E-state index in [2.05, 4.69) is 58.7 Å². The Morgan fingerprint density at radius 3 is 2.52 bits per heavy atom. The van der Waals surface area contributed by atoms with Gasteiger partial charge in [-0.1, -0.05) is 30.3 Å². The summed E-state index contributed by atoms with van der Waals surface area (Å²) < 4.78 is 0. The van der Waals surface area contributed by atoms with Crippen molar-refractivity contribution in [3.63, 3.8) is 0 Å². The first-order valence-electron chi connectivity index (χ1n) is 8.30. The average Bonchev–Trinajstić information content (AvgIpc) is 2.59. The zero-order chi connectivity index (χ0) is 17.4. The number of rotatable bonds is 6. The maximum Gasteiger partial charge on any atom is 0.191 e. The van der Waals surface area contributed by atoms with Gasteiger partial charge in [-0.15, -0.1) is 24.0 Å². The maximum absolute atomic E-state index is 4.67. The van der Waals surface area contributed by atoms with Crippen LogP contribution in [0, 0.1) is 6.92 Å². The number of aromatic nitrogens is 1. The van der Waals surface area contributed by atoms with E-state index in [9.17, 15) is 0 Å². The molecule has 0 amide bonds. The second kappa shape index (κ2) is 10.9. The molecule has 25 heavy (non-hydrogen) atoms. The fourth-order valence-corrected chi connectivity index (χ4v) is 2.28. The van der Waals surface area contributed by atoms with Crippen molar-refractivity contribution in [3.05, 3.63) is 59.3 Å². The number of nitrogens with zero attached hydrogens (tertiary/aromatic N) is 3. The van der Waals surface area contributed by atoms with Crippen LogP contribution in [0.5, 0.6) is 0 Å². The Bertz CT molecular complexity index is 685. The third kappa shape index (κ3) is 6.89. The van der Waals surface area contributed by atoms with E-state index in [1.165, 1.54) is 11.1 Å². The number of aryl methyl sites for hydroxylation is 1. The predicted octanol–water partition coefficient (Wildman–Crippen LogP) is 3.33. The maximum atomic E-state index is 4.67. The van der Waals surface area contributed by atoms with Crippen molar-refractivity contribution in [1.29, 1.82) is 0 Å². The van der Waals surface area contributed by atoms with Crippen molar-refractivity contribution in [2.24, 2.45) is 4.99 Å². The number of anilines is 1. The topological polar surface area (TPSA) is 52.6 Å².